The van der Waals surface area contributed by atoms with Crippen LogP contribution in [0.5, 0.6) is 0 Å². The fraction of sp³-hybridized carbons (Fsp3) is 0.333. The summed E-state index contributed by atoms with van der Waals surface area (Å²) in [6.07, 6.45) is 0.545. The molecule has 0 bridgehead atoms. The molecule has 0 aliphatic rings. The molecule has 14 heavy (non-hydrogen) atoms. The molecule has 0 aliphatic carbocycles. The van der Waals surface area contributed by atoms with Crippen molar-refractivity contribution in [2.24, 2.45) is 5.73 Å². The van der Waals surface area contributed by atoms with Gasteiger partial charge in [0.25, 0.3) is 0 Å². The minimum absolute atomic E-state index is 0. The first kappa shape index (κ1) is 13.5. The molecule has 80 valence electrons. The lowest BCUT2D eigenvalue weighted by Gasteiger charge is -2.10. The molecule has 3 nitrogen and oxygen atoms in total. The molecule has 1 atom stereocenters. The van der Waals surface area contributed by atoms with Gasteiger partial charge in [-0.05, 0) is 30.2 Å². The normalized spacial score (nSPS) is 11.9. The molecular weight excluding hydrogens is 223 g/mol. The van der Waals surface area contributed by atoms with Crippen molar-refractivity contribution in [1.29, 1.82) is 0 Å². The van der Waals surface area contributed by atoms with Gasteiger partial charge >= 0.3 is 0 Å². The molecule has 1 aromatic rings. The second-order valence-electron chi connectivity index (χ2n) is 2.99. The van der Waals surface area contributed by atoms with Crippen molar-refractivity contribution in [2.75, 3.05) is 12.3 Å². The van der Waals surface area contributed by atoms with E-state index in [-0.39, 0.29) is 25.1 Å². The van der Waals surface area contributed by atoms with Gasteiger partial charge in [0.2, 0.25) is 0 Å². The minimum atomic E-state index is -0.277. The summed E-state index contributed by atoms with van der Waals surface area (Å²) in [5.41, 5.74) is 12.8. The highest BCUT2D eigenvalue weighted by Gasteiger charge is 2.05. The lowest BCUT2D eigenvalue weighted by molar-refractivity contribution is 0.265. The highest BCUT2D eigenvalue weighted by Crippen LogP contribution is 2.18. The maximum Gasteiger partial charge on any atom is 0.0585 e. The Morgan fingerprint density at radius 3 is 2.64 bits per heavy atom. The number of halogens is 2. The smallest absolute Gasteiger partial charge is 0.0585 e. The topological polar surface area (TPSA) is 72.3 Å². The quantitative estimate of drug-likeness (QED) is 0.692. The molecule has 1 rings (SSSR count). The number of nitrogens with two attached hydrogens (primary N) is 2. The Morgan fingerprint density at radius 2 is 2.07 bits per heavy atom. The highest BCUT2D eigenvalue weighted by atomic mass is 35.5. The van der Waals surface area contributed by atoms with E-state index in [1.54, 1.807) is 18.2 Å². The van der Waals surface area contributed by atoms with Gasteiger partial charge in [0.05, 0.1) is 6.61 Å². The maximum atomic E-state index is 8.76. The third kappa shape index (κ3) is 3.72. The van der Waals surface area contributed by atoms with Crippen LogP contribution in [0.25, 0.3) is 0 Å². The molecule has 0 amide bonds. The van der Waals surface area contributed by atoms with Crippen molar-refractivity contribution in [3.63, 3.8) is 0 Å². The largest absolute Gasteiger partial charge is 0.399 e. The summed E-state index contributed by atoms with van der Waals surface area (Å²) in [4.78, 5) is 0. The van der Waals surface area contributed by atoms with Crippen molar-refractivity contribution in [3.05, 3.63) is 28.8 Å². The van der Waals surface area contributed by atoms with Gasteiger partial charge in [0, 0.05) is 16.8 Å². The Bertz CT molecular complexity index is 294. The summed E-state index contributed by atoms with van der Waals surface area (Å²) < 4.78 is 0. The van der Waals surface area contributed by atoms with Crippen LogP contribution in [0.2, 0.25) is 5.02 Å². The number of hydrogen-bond donors (Lipinski definition) is 3. The van der Waals surface area contributed by atoms with Crippen molar-refractivity contribution in [1.82, 2.24) is 0 Å². The Morgan fingerprint density at radius 1 is 1.43 bits per heavy atom. The first-order chi connectivity index (χ1) is 6.13. The molecule has 1 unspecified atom stereocenters. The number of aliphatic hydroxyl groups excluding tert-OH is 1. The molecule has 5 heteroatoms. The average Bonchev–Trinajstić information content (AvgIpc) is 2.11. The monoisotopic (exact) mass is 236 g/mol. The van der Waals surface area contributed by atoms with Crippen molar-refractivity contribution < 1.29 is 5.11 Å². The third-order valence-corrected chi connectivity index (χ3v) is 2.06. The number of benzene rings is 1. The van der Waals surface area contributed by atoms with Crippen LogP contribution < -0.4 is 11.5 Å². The molecule has 0 radical (unpaired) electrons. The standard InChI is InChI=1S/C9H13ClN2O.ClH/c10-7-1-2-9(12)6(3-7)4-8(11)5-13;/h1-3,8,13H,4-5,11-12H2;1H. The molecule has 0 saturated carbocycles. The van der Waals surface area contributed by atoms with Crippen LogP contribution in [0.15, 0.2) is 18.2 Å². The van der Waals surface area contributed by atoms with Gasteiger partial charge in [-0.25, -0.2) is 0 Å². The summed E-state index contributed by atoms with van der Waals surface area (Å²) in [5.74, 6) is 0. The van der Waals surface area contributed by atoms with Gasteiger partial charge in [-0.1, -0.05) is 11.6 Å². The molecule has 0 spiro atoms. The van der Waals surface area contributed by atoms with Gasteiger partial charge in [-0.2, -0.15) is 0 Å². The first-order valence-electron chi connectivity index (χ1n) is 4.04. The van der Waals surface area contributed by atoms with Gasteiger partial charge < -0.3 is 16.6 Å². The van der Waals surface area contributed by atoms with Crippen molar-refractivity contribution in [3.8, 4) is 0 Å². The van der Waals surface area contributed by atoms with Crippen LogP contribution in [0.4, 0.5) is 5.69 Å². The highest BCUT2D eigenvalue weighted by molar-refractivity contribution is 6.30. The van der Waals surface area contributed by atoms with E-state index in [1.807, 2.05) is 0 Å². The zero-order valence-corrected chi connectivity index (χ0v) is 9.18. The lowest BCUT2D eigenvalue weighted by atomic mass is 10.1. The van der Waals surface area contributed by atoms with Gasteiger partial charge in [0.1, 0.15) is 0 Å². The zero-order chi connectivity index (χ0) is 9.84. The summed E-state index contributed by atoms with van der Waals surface area (Å²) in [5, 5.41) is 9.39. The zero-order valence-electron chi connectivity index (χ0n) is 7.61. The first-order valence-corrected chi connectivity index (χ1v) is 4.41. The predicted molar refractivity (Wildman–Crippen MR) is 61.9 cm³/mol. The van der Waals surface area contributed by atoms with E-state index in [0.717, 1.165) is 5.56 Å². The summed E-state index contributed by atoms with van der Waals surface area (Å²) in [6.45, 7) is -0.0496. The van der Waals surface area contributed by atoms with Gasteiger partial charge in [0.15, 0.2) is 0 Å². The summed E-state index contributed by atoms with van der Waals surface area (Å²) in [7, 11) is 0. The molecule has 0 saturated heterocycles. The Kier molecular flexibility index (Phi) is 5.88. The van der Waals surface area contributed by atoms with Crippen LogP contribution in [0, 0.1) is 0 Å². The Hall–Kier alpha value is -0.480. The van der Waals surface area contributed by atoms with Crippen molar-refractivity contribution >= 4 is 29.7 Å². The van der Waals surface area contributed by atoms with E-state index in [9.17, 15) is 0 Å². The lowest BCUT2D eigenvalue weighted by Crippen LogP contribution is -2.27. The van der Waals surface area contributed by atoms with E-state index < -0.39 is 0 Å². The fourth-order valence-corrected chi connectivity index (χ4v) is 1.29. The third-order valence-electron chi connectivity index (χ3n) is 1.82. The second kappa shape index (κ2) is 6.09. The van der Waals surface area contributed by atoms with E-state index in [0.29, 0.717) is 17.1 Å². The Balaban J connectivity index is 0.00000169. The van der Waals surface area contributed by atoms with E-state index >= 15 is 0 Å². The number of nitrogen functional groups attached to an aromatic ring is 1. The molecule has 0 aromatic heterocycles. The molecular formula is C9H14Cl2N2O. The molecule has 0 aliphatic heterocycles. The van der Waals surface area contributed by atoms with Gasteiger partial charge in [-0.3, -0.25) is 0 Å². The Labute approximate surface area is 94.5 Å². The number of aliphatic hydroxyl groups is 1. The number of anilines is 1. The molecule has 5 N–H and O–H groups in total. The predicted octanol–water partition coefficient (Wildman–Crippen LogP) is 1.21. The molecule has 1 aromatic carbocycles. The fourth-order valence-electron chi connectivity index (χ4n) is 1.10. The van der Waals surface area contributed by atoms with Crippen LogP contribution in [0.1, 0.15) is 5.56 Å². The SMILES string of the molecule is Cl.Nc1ccc(Cl)cc1CC(N)CO. The maximum absolute atomic E-state index is 8.76. The number of hydrogen-bond acceptors (Lipinski definition) is 3. The van der Waals surface area contributed by atoms with E-state index in [1.165, 1.54) is 0 Å². The van der Waals surface area contributed by atoms with Crippen LogP contribution >= 0.6 is 24.0 Å². The minimum Gasteiger partial charge on any atom is -0.399 e. The molecule has 0 heterocycles. The van der Waals surface area contributed by atoms with Crippen LogP contribution in [0.3, 0.4) is 0 Å². The van der Waals surface area contributed by atoms with Crippen LogP contribution in [-0.2, 0) is 6.42 Å². The van der Waals surface area contributed by atoms with Crippen molar-refractivity contribution in [2.45, 2.75) is 12.5 Å². The van der Waals surface area contributed by atoms with Gasteiger partial charge in [-0.15, -0.1) is 12.4 Å². The summed E-state index contributed by atoms with van der Waals surface area (Å²) in [6, 6.07) is 4.96. The van der Waals surface area contributed by atoms with Crippen LogP contribution in [-0.4, -0.2) is 17.8 Å². The van der Waals surface area contributed by atoms with E-state index in [4.69, 9.17) is 28.2 Å². The average molecular weight is 237 g/mol. The second-order valence-corrected chi connectivity index (χ2v) is 3.43. The summed E-state index contributed by atoms with van der Waals surface area (Å²) >= 11 is 5.78. The molecule has 0 fully saturated rings. The van der Waals surface area contributed by atoms with E-state index in [2.05, 4.69) is 0 Å². The number of rotatable bonds is 3.